The molecule has 2 saturated carbocycles. The molecule has 292 valence electrons. The predicted octanol–water partition coefficient (Wildman–Crippen LogP) is 3.48. The summed E-state index contributed by atoms with van der Waals surface area (Å²) in [5.41, 5.74) is 0.110. The molecule has 2 aliphatic carbocycles. The van der Waals surface area contributed by atoms with Crippen molar-refractivity contribution in [1.82, 2.24) is 40.2 Å². The molecule has 0 unspecified atom stereocenters. The highest BCUT2D eigenvalue weighted by Gasteiger charge is 2.63. The third-order valence-electron chi connectivity index (χ3n) is 10.9. The lowest BCUT2D eigenvalue weighted by Crippen LogP contribution is -2.58. The van der Waals surface area contributed by atoms with Gasteiger partial charge in [-0.2, -0.15) is 0 Å². The second-order valence-corrected chi connectivity index (χ2v) is 18.2. The molecule has 0 bridgehead atoms. The number of sulfonamides is 1. The molecule has 15 nitrogen and oxygen atoms in total. The first-order valence-electron chi connectivity index (χ1n) is 18.3. The van der Waals surface area contributed by atoms with Gasteiger partial charge >= 0.3 is 0 Å². The number of amides is 4. The van der Waals surface area contributed by atoms with Crippen LogP contribution in [0.1, 0.15) is 86.6 Å². The van der Waals surface area contributed by atoms with Crippen molar-refractivity contribution < 1.29 is 36.7 Å². The fourth-order valence-corrected chi connectivity index (χ4v) is 8.93. The highest BCUT2D eigenvalue weighted by molar-refractivity contribution is 9.10. The van der Waals surface area contributed by atoms with Crippen molar-refractivity contribution in [2.75, 3.05) is 6.54 Å². The Kier molecular flexibility index (Phi) is 10.4. The minimum absolute atomic E-state index is 0.0209. The SMILES string of the molecule is Cc1cnc(C(=O)N[C@H]2CCCCCC=C[C@@H]3C[C@@]3(C(=O)NS(=O)(=O)C3(C)CC3)NC(=O)[C@@H]3C[C@@H](Oc4nc5cc(F)cc(Br)c5nc4C)CN3C2=O)cn1. The summed E-state index contributed by atoms with van der Waals surface area (Å²) in [5, 5.41) is 5.65. The zero-order chi connectivity index (χ0) is 39.3. The lowest BCUT2D eigenvalue weighted by Gasteiger charge is -2.30. The van der Waals surface area contributed by atoms with E-state index < -0.39 is 73.9 Å². The number of halogens is 2. The van der Waals surface area contributed by atoms with Gasteiger partial charge in [0.25, 0.3) is 11.8 Å². The average molecular weight is 842 g/mol. The van der Waals surface area contributed by atoms with Crippen molar-refractivity contribution >= 4 is 60.6 Å². The number of ether oxygens (including phenoxy) is 1. The van der Waals surface area contributed by atoms with E-state index in [4.69, 9.17) is 4.74 Å². The minimum atomic E-state index is -4.02. The van der Waals surface area contributed by atoms with E-state index in [1.807, 2.05) is 12.2 Å². The van der Waals surface area contributed by atoms with Crippen LogP contribution in [0, 0.1) is 25.6 Å². The van der Waals surface area contributed by atoms with Crippen LogP contribution in [-0.4, -0.2) is 91.9 Å². The monoisotopic (exact) mass is 840 g/mol. The first-order valence-corrected chi connectivity index (χ1v) is 20.6. The van der Waals surface area contributed by atoms with Gasteiger partial charge in [-0.3, -0.25) is 28.9 Å². The number of benzene rings is 1. The summed E-state index contributed by atoms with van der Waals surface area (Å²) in [4.78, 5) is 74.8. The maximum Gasteiger partial charge on any atom is 0.272 e. The molecule has 2 aliphatic heterocycles. The van der Waals surface area contributed by atoms with Crippen LogP contribution in [0.3, 0.4) is 0 Å². The van der Waals surface area contributed by atoms with E-state index in [-0.39, 0.29) is 42.9 Å². The van der Waals surface area contributed by atoms with Crippen molar-refractivity contribution in [3.63, 3.8) is 0 Å². The van der Waals surface area contributed by atoms with E-state index in [0.717, 1.165) is 12.8 Å². The van der Waals surface area contributed by atoms with Crippen molar-refractivity contribution in [3.8, 4) is 5.88 Å². The molecule has 7 rings (SSSR count). The third-order valence-corrected chi connectivity index (χ3v) is 13.7. The molecule has 1 saturated heterocycles. The number of nitrogens with one attached hydrogen (secondary N) is 3. The molecule has 3 N–H and O–H groups in total. The Labute approximate surface area is 325 Å². The zero-order valence-corrected chi connectivity index (χ0v) is 33.0. The smallest absolute Gasteiger partial charge is 0.272 e. The maximum absolute atomic E-state index is 14.6. The van der Waals surface area contributed by atoms with E-state index in [1.165, 1.54) is 29.4 Å². The Hall–Kier alpha value is -4.58. The van der Waals surface area contributed by atoms with Crippen LogP contribution in [0.15, 0.2) is 41.2 Å². The molecular formula is C37H42BrFN8O7S. The molecule has 0 radical (unpaired) electrons. The molecule has 4 heterocycles. The molecule has 18 heteroatoms. The Morgan fingerprint density at radius 1 is 1.09 bits per heavy atom. The maximum atomic E-state index is 14.6. The fourth-order valence-electron chi connectivity index (χ4n) is 7.11. The van der Waals surface area contributed by atoms with Gasteiger partial charge in [-0.1, -0.05) is 25.0 Å². The number of aromatic nitrogens is 4. The second-order valence-electron chi connectivity index (χ2n) is 15.1. The van der Waals surface area contributed by atoms with E-state index >= 15 is 0 Å². The average Bonchev–Trinajstić information content (AvgIpc) is 4.01. The predicted molar refractivity (Wildman–Crippen MR) is 200 cm³/mol. The quantitative estimate of drug-likeness (QED) is 0.294. The van der Waals surface area contributed by atoms with E-state index in [0.29, 0.717) is 47.1 Å². The number of fused-ring (bicyclic) bond motifs is 3. The lowest BCUT2D eigenvalue weighted by atomic mass is 10.0. The Balaban J connectivity index is 1.20. The summed E-state index contributed by atoms with van der Waals surface area (Å²) in [7, 11) is -4.02. The van der Waals surface area contributed by atoms with E-state index in [1.54, 1.807) is 20.8 Å². The summed E-state index contributed by atoms with van der Waals surface area (Å²) < 4.78 is 48.4. The molecule has 4 aliphatic rings. The van der Waals surface area contributed by atoms with E-state index in [2.05, 4.69) is 51.2 Å². The van der Waals surface area contributed by atoms with Gasteiger partial charge in [0, 0.05) is 29.1 Å². The molecule has 2 aromatic heterocycles. The first-order chi connectivity index (χ1) is 26.1. The highest BCUT2D eigenvalue weighted by Crippen LogP contribution is 2.47. The first kappa shape index (κ1) is 38.7. The number of carbonyl (C=O) groups is 4. The molecule has 3 aromatic rings. The fraction of sp³-hybridized carbons (Fsp3) is 0.514. The van der Waals surface area contributed by atoms with Gasteiger partial charge < -0.3 is 20.3 Å². The van der Waals surface area contributed by atoms with E-state index in [9.17, 15) is 32.0 Å². The van der Waals surface area contributed by atoms with Gasteiger partial charge in [-0.25, -0.2) is 27.8 Å². The summed E-state index contributed by atoms with van der Waals surface area (Å²) >= 11 is 3.32. The van der Waals surface area contributed by atoms with Crippen molar-refractivity contribution in [1.29, 1.82) is 0 Å². The third kappa shape index (κ3) is 7.92. The van der Waals surface area contributed by atoms with Gasteiger partial charge in [0.2, 0.25) is 27.7 Å². The van der Waals surface area contributed by atoms with Gasteiger partial charge in [0.15, 0.2) is 0 Å². The number of aryl methyl sites for hydroxylation is 2. The summed E-state index contributed by atoms with van der Waals surface area (Å²) in [6.45, 7) is 4.87. The normalized spacial score (nSPS) is 26.5. The Bertz CT molecular complexity index is 2200. The van der Waals surface area contributed by atoms with Crippen molar-refractivity contribution in [2.45, 2.75) is 107 Å². The number of rotatable bonds is 7. The topological polar surface area (TPSA) is 203 Å². The van der Waals surface area contributed by atoms with Crippen molar-refractivity contribution in [3.05, 3.63) is 64.1 Å². The largest absolute Gasteiger partial charge is 0.471 e. The number of hydrogen-bond acceptors (Lipinski definition) is 11. The van der Waals surface area contributed by atoms with Crippen LogP contribution in [0.2, 0.25) is 0 Å². The standard InChI is InChI=1S/C37H42BrFN8O7S/c1-20-17-41-28(18-40-20)31(48)43-26-10-8-6-4-5-7-9-22-16-37(22,35(51)46-55(52,53)36(3)11-12-36)45-32(49)29-15-24(19-47(29)34(26)50)54-33-21(2)42-30-25(38)13-23(39)14-27(30)44-33/h7,9,13-14,17-18,22,24,26,29H,4-6,8,10-12,15-16,19H2,1-3H3,(H,43,48)(H,45,49)(H,46,51)/t22-,24-,26+,29+,37-/m1/s1. The molecule has 5 atom stereocenters. The van der Waals surface area contributed by atoms with Gasteiger partial charge in [-0.05, 0) is 81.3 Å². The van der Waals surface area contributed by atoms with Crippen LogP contribution < -0.4 is 20.1 Å². The van der Waals surface area contributed by atoms with Crippen LogP contribution in [0.25, 0.3) is 11.0 Å². The lowest BCUT2D eigenvalue weighted by molar-refractivity contribution is -0.141. The summed E-state index contributed by atoms with van der Waals surface area (Å²) in [6.07, 6.45) is 9.68. The number of allylic oxidation sites excluding steroid dienone is 1. The van der Waals surface area contributed by atoms with Crippen LogP contribution in [0.4, 0.5) is 4.39 Å². The van der Waals surface area contributed by atoms with Crippen molar-refractivity contribution in [2.24, 2.45) is 5.92 Å². The Morgan fingerprint density at radius 2 is 1.87 bits per heavy atom. The molecule has 3 fully saturated rings. The summed E-state index contributed by atoms with van der Waals surface area (Å²) in [5.74, 6) is -3.60. The van der Waals surface area contributed by atoms with Crippen LogP contribution in [0.5, 0.6) is 5.88 Å². The number of carbonyl (C=O) groups excluding carboxylic acids is 4. The summed E-state index contributed by atoms with van der Waals surface area (Å²) in [6, 6.07) is 0.256. The van der Waals surface area contributed by atoms with Crippen LogP contribution in [-0.2, 0) is 24.4 Å². The van der Waals surface area contributed by atoms with Gasteiger partial charge in [0.05, 0.1) is 28.7 Å². The highest BCUT2D eigenvalue weighted by atomic mass is 79.9. The molecule has 4 amide bonds. The van der Waals surface area contributed by atoms with Crippen LogP contribution >= 0.6 is 15.9 Å². The molecular weight excluding hydrogens is 799 g/mol. The van der Waals surface area contributed by atoms with Gasteiger partial charge in [-0.15, -0.1) is 0 Å². The van der Waals surface area contributed by atoms with Gasteiger partial charge in [0.1, 0.15) is 46.4 Å². The molecule has 55 heavy (non-hydrogen) atoms. The minimum Gasteiger partial charge on any atom is -0.471 e. The second kappa shape index (κ2) is 14.8. The number of nitrogens with zero attached hydrogens (tertiary/aromatic N) is 5. The number of hydrogen-bond donors (Lipinski definition) is 3. The molecule has 0 spiro atoms. The Morgan fingerprint density at radius 3 is 2.60 bits per heavy atom. The zero-order valence-electron chi connectivity index (χ0n) is 30.6. The molecule has 1 aromatic carbocycles.